The smallest absolute Gasteiger partial charge is 0.317 e. The van der Waals surface area contributed by atoms with Crippen LogP contribution in [-0.4, -0.2) is 63.1 Å². The molecule has 23 heavy (non-hydrogen) atoms. The van der Waals surface area contributed by atoms with Gasteiger partial charge in [0.15, 0.2) is 9.84 Å². The van der Waals surface area contributed by atoms with E-state index in [1.807, 2.05) is 18.2 Å². The minimum atomic E-state index is -2.99. The quantitative estimate of drug-likeness (QED) is 0.877. The first-order valence-corrected chi connectivity index (χ1v) is 9.91. The molecular weight excluding hydrogens is 314 g/mol. The van der Waals surface area contributed by atoms with E-state index in [2.05, 4.69) is 22.3 Å². The lowest BCUT2D eigenvalue weighted by Crippen LogP contribution is -2.55. The summed E-state index contributed by atoms with van der Waals surface area (Å²) in [7, 11) is -2.99. The number of amides is 2. The Morgan fingerprint density at radius 3 is 2.43 bits per heavy atom. The fourth-order valence-electron chi connectivity index (χ4n) is 3.21. The van der Waals surface area contributed by atoms with E-state index in [-0.39, 0.29) is 23.6 Å². The molecule has 2 aliphatic heterocycles. The second kappa shape index (κ2) is 6.78. The van der Waals surface area contributed by atoms with Gasteiger partial charge in [-0.15, -0.1) is 0 Å². The van der Waals surface area contributed by atoms with E-state index in [1.165, 1.54) is 5.69 Å². The fraction of sp³-hybridized carbons (Fsp3) is 0.562. The van der Waals surface area contributed by atoms with Crippen LogP contribution in [-0.2, 0) is 9.84 Å². The topological polar surface area (TPSA) is 69.7 Å². The maximum atomic E-state index is 12.3. The number of benzene rings is 1. The maximum Gasteiger partial charge on any atom is 0.317 e. The molecule has 0 aliphatic carbocycles. The Bertz CT molecular complexity index is 640. The van der Waals surface area contributed by atoms with Crippen LogP contribution < -0.4 is 10.2 Å². The Labute approximate surface area is 137 Å². The molecule has 2 heterocycles. The first-order valence-electron chi connectivity index (χ1n) is 8.09. The van der Waals surface area contributed by atoms with Crippen LogP contribution >= 0.6 is 0 Å². The van der Waals surface area contributed by atoms with Crippen LogP contribution in [0.3, 0.4) is 0 Å². The van der Waals surface area contributed by atoms with Gasteiger partial charge < -0.3 is 15.1 Å². The second-order valence-electron chi connectivity index (χ2n) is 6.21. The minimum absolute atomic E-state index is 0.0721. The number of rotatable bonds is 2. The third-order valence-corrected chi connectivity index (χ3v) is 6.30. The highest BCUT2D eigenvalue weighted by Gasteiger charge is 2.28. The number of carbonyl (C=O) groups is 1. The fourth-order valence-corrected chi connectivity index (χ4v) is 4.85. The molecule has 2 saturated heterocycles. The number of carbonyl (C=O) groups excluding carboxylic acids is 1. The van der Waals surface area contributed by atoms with Gasteiger partial charge >= 0.3 is 6.03 Å². The van der Waals surface area contributed by atoms with E-state index >= 15 is 0 Å². The van der Waals surface area contributed by atoms with Gasteiger partial charge in [-0.05, 0) is 25.0 Å². The molecule has 2 amide bonds. The number of nitrogens with one attached hydrogen (secondary N) is 1. The summed E-state index contributed by atoms with van der Waals surface area (Å²) in [6, 6.07) is 9.78. The van der Waals surface area contributed by atoms with Gasteiger partial charge in [0, 0.05) is 37.9 Å². The van der Waals surface area contributed by atoms with Crippen molar-refractivity contribution >= 4 is 21.6 Å². The lowest BCUT2D eigenvalue weighted by atomic mass is 10.2. The average molecular weight is 337 g/mol. The summed E-state index contributed by atoms with van der Waals surface area (Å²) in [5, 5.41) is 2.89. The van der Waals surface area contributed by atoms with Gasteiger partial charge in [-0.2, -0.15) is 0 Å². The third-order valence-electron chi connectivity index (χ3n) is 4.48. The van der Waals surface area contributed by atoms with Crippen molar-refractivity contribution in [1.82, 2.24) is 10.2 Å². The van der Waals surface area contributed by atoms with Gasteiger partial charge in [-0.1, -0.05) is 18.2 Å². The van der Waals surface area contributed by atoms with Gasteiger partial charge in [0.2, 0.25) is 0 Å². The molecule has 6 nitrogen and oxygen atoms in total. The van der Waals surface area contributed by atoms with Crippen LogP contribution in [0.2, 0.25) is 0 Å². The van der Waals surface area contributed by atoms with Gasteiger partial charge in [0.05, 0.1) is 11.5 Å². The summed E-state index contributed by atoms with van der Waals surface area (Å²) in [6.45, 7) is 2.89. The molecule has 0 saturated carbocycles. The highest BCUT2D eigenvalue weighted by Crippen LogP contribution is 2.16. The molecule has 1 unspecified atom stereocenters. The van der Waals surface area contributed by atoms with Crippen molar-refractivity contribution in [2.24, 2.45) is 0 Å². The SMILES string of the molecule is O=C(NC1CCCS(=O)(=O)C1)N1CCN(c2ccccc2)CC1. The summed E-state index contributed by atoms with van der Waals surface area (Å²) in [5.41, 5.74) is 1.17. The van der Waals surface area contributed by atoms with Gasteiger partial charge in [0.1, 0.15) is 0 Å². The summed E-state index contributed by atoms with van der Waals surface area (Å²) in [5.74, 6) is 0.317. The van der Waals surface area contributed by atoms with Crippen LogP contribution in [0.4, 0.5) is 10.5 Å². The highest BCUT2D eigenvalue weighted by molar-refractivity contribution is 7.91. The molecule has 2 fully saturated rings. The van der Waals surface area contributed by atoms with Crippen molar-refractivity contribution < 1.29 is 13.2 Å². The average Bonchev–Trinajstić information content (AvgIpc) is 2.55. The predicted octanol–water partition coefficient (Wildman–Crippen LogP) is 1.10. The van der Waals surface area contributed by atoms with E-state index in [1.54, 1.807) is 4.90 Å². The highest BCUT2D eigenvalue weighted by atomic mass is 32.2. The minimum Gasteiger partial charge on any atom is -0.368 e. The lowest BCUT2D eigenvalue weighted by molar-refractivity contribution is 0.190. The summed E-state index contributed by atoms with van der Waals surface area (Å²) in [6.07, 6.45) is 1.38. The Kier molecular flexibility index (Phi) is 4.75. The molecule has 2 aliphatic rings. The molecule has 126 valence electrons. The number of anilines is 1. The maximum absolute atomic E-state index is 12.3. The Morgan fingerprint density at radius 2 is 1.78 bits per heavy atom. The Hall–Kier alpha value is -1.76. The van der Waals surface area contributed by atoms with E-state index in [0.717, 1.165) is 19.5 Å². The molecule has 0 bridgehead atoms. The predicted molar refractivity (Wildman–Crippen MR) is 90.4 cm³/mol. The number of piperazine rings is 1. The van der Waals surface area contributed by atoms with Crippen molar-refractivity contribution in [3.8, 4) is 0 Å². The molecule has 1 atom stereocenters. The molecule has 0 radical (unpaired) electrons. The van der Waals surface area contributed by atoms with E-state index in [0.29, 0.717) is 19.5 Å². The molecule has 1 aromatic rings. The summed E-state index contributed by atoms with van der Waals surface area (Å²) in [4.78, 5) is 16.4. The first-order chi connectivity index (χ1) is 11.0. The molecular formula is C16H23N3O3S. The van der Waals surface area contributed by atoms with Crippen LogP contribution in [0, 0.1) is 0 Å². The van der Waals surface area contributed by atoms with Crippen LogP contribution in [0.15, 0.2) is 30.3 Å². The number of hydrogen-bond donors (Lipinski definition) is 1. The lowest BCUT2D eigenvalue weighted by Gasteiger charge is -2.37. The molecule has 1 aromatic carbocycles. The molecule has 0 aromatic heterocycles. The van der Waals surface area contributed by atoms with Crippen LogP contribution in [0.1, 0.15) is 12.8 Å². The zero-order chi connectivity index (χ0) is 16.3. The Balaban J connectivity index is 1.50. The number of para-hydroxylation sites is 1. The standard InChI is InChI=1S/C16H23N3O3S/c20-16(17-14-5-4-12-23(21,22)13-14)19-10-8-18(9-11-19)15-6-2-1-3-7-15/h1-3,6-7,14H,4-5,8-13H2,(H,17,20). The van der Waals surface area contributed by atoms with Crippen LogP contribution in [0.25, 0.3) is 0 Å². The third kappa shape index (κ3) is 4.16. The van der Waals surface area contributed by atoms with Crippen LogP contribution in [0.5, 0.6) is 0 Å². The van der Waals surface area contributed by atoms with Gasteiger partial charge in [0.25, 0.3) is 0 Å². The molecule has 3 rings (SSSR count). The van der Waals surface area contributed by atoms with Crippen molar-refractivity contribution in [2.45, 2.75) is 18.9 Å². The normalized spacial score (nSPS) is 24.3. The van der Waals surface area contributed by atoms with Crippen molar-refractivity contribution in [3.63, 3.8) is 0 Å². The first kappa shape index (κ1) is 16.1. The largest absolute Gasteiger partial charge is 0.368 e. The van der Waals surface area contributed by atoms with Crippen molar-refractivity contribution in [3.05, 3.63) is 30.3 Å². The zero-order valence-electron chi connectivity index (χ0n) is 13.1. The monoisotopic (exact) mass is 337 g/mol. The summed E-state index contributed by atoms with van der Waals surface area (Å²) < 4.78 is 23.3. The number of hydrogen-bond acceptors (Lipinski definition) is 4. The molecule has 7 heteroatoms. The van der Waals surface area contributed by atoms with E-state index < -0.39 is 9.84 Å². The van der Waals surface area contributed by atoms with Gasteiger partial charge in [-0.3, -0.25) is 0 Å². The number of urea groups is 1. The van der Waals surface area contributed by atoms with E-state index in [4.69, 9.17) is 0 Å². The molecule has 0 spiro atoms. The zero-order valence-corrected chi connectivity index (χ0v) is 14.0. The molecule has 1 N–H and O–H groups in total. The number of sulfone groups is 1. The Morgan fingerprint density at radius 1 is 1.09 bits per heavy atom. The van der Waals surface area contributed by atoms with E-state index in [9.17, 15) is 13.2 Å². The number of nitrogens with zero attached hydrogens (tertiary/aromatic N) is 2. The van der Waals surface area contributed by atoms with Gasteiger partial charge in [-0.25, -0.2) is 13.2 Å². The van der Waals surface area contributed by atoms with Crippen molar-refractivity contribution in [2.75, 3.05) is 42.6 Å². The van der Waals surface area contributed by atoms with Crippen molar-refractivity contribution in [1.29, 1.82) is 0 Å². The summed E-state index contributed by atoms with van der Waals surface area (Å²) >= 11 is 0. The second-order valence-corrected chi connectivity index (χ2v) is 8.44.